The number of carbonyl (C=O) groups excluding carboxylic acids is 2. The van der Waals surface area contributed by atoms with Crippen molar-refractivity contribution in [2.24, 2.45) is 5.92 Å². The summed E-state index contributed by atoms with van der Waals surface area (Å²) in [4.78, 5) is 28.4. The molecule has 0 spiro atoms. The van der Waals surface area contributed by atoms with Gasteiger partial charge in [-0.05, 0) is 49.6 Å². The van der Waals surface area contributed by atoms with Crippen LogP contribution < -0.4 is 15.4 Å². The fraction of sp³-hybridized carbons (Fsp3) is 0.350. The Balaban J connectivity index is 1.62. The zero-order valence-corrected chi connectivity index (χ0v) is 16.7. The minimum atomic E-state index is -4.47. The standard InChI is InChI=1S/C20H19ClF3N3O3/c1-11(13-4-5-16(15(21)8-13)30-10-20(22,23)24)26-19(29)14-6-7-25-17(9-14)27-18(28)12-2-3-12/h4-9,11-12H,2-3,10H2,1H3,(H,26,29)(H,25,27,28). The molecule has 1 atom stereocenters. The van der Waals surface area contributed by atoms with Gasteiger partial charge < -0.3 is 15.4 Å². The molecule has 1 fully saturated rings. The summed E-state index contributed by atoms with van der Waals surface area (Å²) >= 11 is 6.00. The van der Waals surface area contributed by atoms with Crippen molar-refractivity contribution in [3.05, 3.63) is 52.7 Å². The monoisotopic (exact) mass is 441 g/mol. The van der Waals surface area contributed by atoms with E-state index in [-0.39, 0.29) is 22.6 Å². The number of halogens is 4. The third-order valence-corrected chi connectivity index (χ3v) is 4.71. The van der Waals surface area contributed by atoms with Crippen LogP contribution in [0, 0.1) is 5.92 Å². The summed E-state index contributed by atoms with van der Waals surface area (Å²) in [5.41, 5.74) is 0.892. The summed E-state index contributed by atoms with van der Waals surface area (Å²) in [6.45, 7) is 0.261. The predicted molar refractivity (Wildman–Crippen MR) is 104 cm³/mol. The third kappa shape index (κ3) is 6.09. The summed E-state index contributed by atoms with van der Waals surface area (Å²) in [6.07, 6.45) is -1.34. The van der Waals surface area contributed by atoms with E-state index in [0.29, 0.717) is 16.9 Å². The molecule has 1 aromatic heterocycles. The van der Waals surface area contributed by atoms with Gasteiger partial charge in [0.1, 0.15) is 11.6 Å². The number of anilines is 1. The summed E-state index contributed by atoms with van der Waals surface area (Å²) < 4.78 is 41.5. The van der Waals surface area contributed by atoms with Crippen LogP contribution in [0.15, 0.2) is 36.5 Å². The van der Waals surface area contributed by atoms with Gasteiger partial charge in [0.25, 0.3) is 5.91 Å². The molecule has 0 radical (unpaired) electrons. The number of carbonyl (C=O) groups is 2. The molecular weight excluding hydrogens is 423 g/mol. The molecular formula is C20H19ClF3N3O3. The van der Waals surface area contributed by atoms with E-state index in [1.807, 2.05) is 0 Å². The van der Waals surface area contributed by atoms with Gasteiger partial charge in [-0.1, -0.05) is 17.7 Å². The Labute approximate surface area is 175 Å². The Kier molecular flexibility index (Phi) is 6.50. The van der Waals surface area contributed by atoms with Crippen LogP contribution in [0.2, 0.25) is 5.02 Å². The molecule has 1 aromatic carbocycles. The lowest BCUT2D eigenvalue weighted by molar-refractivity contribution is -0.153. The Bertz CT molecular complexity index is 948. The van der Waals surface area contributed by atoms with Gasteiger partial charge in [0, 0.05) is 17.7 Å². The van der Waals surface area contributed by atoms with Crippen LogP contribution in [-0.4, -0.2) is 29.6 Å². The summed E-state index contributed by atoms with van der Waals surface area (Å²) in [6, 6.07) is 6.79. The molecule has 3 rings (SSSR count). The first-order valence-corrected chi connectivity index (χ1v) is 9.57. The van der Waals surface area contributed by atoms with E-state index < -0.39 is 24.7 Å². The molecule has 1 aliphatic carbocycles. The van der Waals surface area contributed by atoms with Crippen molar-refractivity contribution < 1.29 is 27.5 Å². The minimum absolute atomic E-state index is 0.00633. The molecule has 0 saturated heterocycles. The first-order valence-electron chi connectivity index (χ1n) is 9.19. The topological polar surface area (TPSA) is 80.3 Å². The SMILES string of the molecule is CC(NC(=O)c1ccnc(NC(=O)C2CC2)c1)c1ccc(OCC(F)(F)F)c(Cl)c1. The lowest BCUT2D eigenvalue weighted by atomic mass is 10.1. The van der Waals surface area contributed by atoms with Crippen molar-refractivity contribution in [3.8, 4) is 5.75 Å². The van der Waals surface area contributed by atoms with Crippen LogP contribution >= 0.6 is 11.6 Å². The number of benzene rings is 1. The molecule has 2 aromatic rings. The fourth-order valence-corrected chi connectivity index (χ4v) is 2.88. The smallest absolute Gasteiger partial charge is 0.422 e. The number of nitrogens with one attached hydrogen (secondary N) is 2. The van der Waals surface area contributed by atoms with Crippen LogP contribution in [0.3, 0.4) is 0 Å². The highest BCUT2D eigenvalue weighted by Gasteiger charge is 2.30. The molecule has 160 valence electrons. The second-order valence-electron chi connectivity index (χ2n) is 6.98. The summed E-state index contributed by atoms with van der Waals surface area (Å²) in [5.74, 6) is -0.309. The van der Waals surface area contributed by atoms with Crippen LogP contribution in [0.25, 0.3) is 0 Å². The van der Waals surface area contributed by atoms with E-state index in [4.69, 9.17) is 11.6 Å². The number of hydrogen-bond acceptors (Lipinski definition) is 4. The molecule has 30 heavy (non-hydrogen) atoms. The van der Waals surface area contributed by atoms with E-state index in [9.17, 15) is 22.8 Å². The van der Waals surface area contributed by atoms with Crippen LogP contribution in [0.1, 0.15) is 41.7 Å². The quantitative estimate of drug-likeness (QED) is 0.662. The Hall–Kier alpha value is -2.81. The molecule has 10 heteroatoms. The Morgan fingerprint density at radius 1 is 1.27 bits per heavy atom. The number of alkyl halides is 3. The maximum atomic E-state index is 12.5. The second kappa shape index (κ2) is 8.91. The summed E-state index contributed by atoms with van der Waals surface area (Å²) in [7, 11) is 0. The number of hydrogen-bond donors (Lipinski definition) is 2. The van der Waals surface area contributed by atoms with Gasteiger partial charge in [0.15, 0.2) is 6.61 Å². The van der Waals surface area contributed by atoms with Gasteiger partial charge in [-0.25, -0.2) is 4.98 Å². The molecule has 1 unspecified atom stereocenters. The van der Waals surface area contributed by atoms with Crippen LogP contribution in [0.5, 0.6) is 5.75 Å². The Morgan fingerprint density at radius 3 is 2.63 bits per heavy atom. The van der Waals surface area contributed by atoms with Crippen molar-refractivity contribution in [1.82, 2.24) is 10.3 Å². The van der Waals surface area contributed by atoms with Gasteiger partial charge in [-0.3, -0.25) is 9.59 Å². The van der Waals surface area contributed by atoms with Crippen LogP contribution in [-0.2, 0) is 4.79 Å². The van der Waals surface area contributed by atoms with Crippen LogP contribution in [0.4, 0.5) is 19.0 Å². The molecule has 1 aliphatic rings. The van der Waals surface area contributed by atoms with Gasteiger partial charge >= 0.3 is 6.18 Å². The number of ether oxygens (including phenoxy) is 1. The highest BCUT2D eigenvalue weighted by molar-refractivity contribution is 6.32. The van der Waals surface area contributed by atoms with Crippen molar-refractivity contribution in [1.29, 1.82) is 0 Å². The highest BCUT2D eigenvalue weighted by atomic mass is 35.5. The summed E-state index contributed by atoms with van der Waals surface area (Å²) in [5, 5.41) is 5.46. The zero-order valence-electron chi connectivity index (χ0n) is 15.9. The van der Waals surface area contributed by atoms with E-state index in [1.54, 1.807) is 6.92 Å². The van der Waals surface area contributed by atoms with Gasteiger partial charge in [0.05, 0.1) is 11.1 Å². The van der Waals surface area contributed by atoms with Crippen molar-refractivity contribution in [3.63, 3.8) is 0 Å². The number of nitrogens with zero attached hydrogens (tertiary/aromatic N) is 1. The largest absolute Gasteiger partial charge is 0.483 e. The van der Waals surface area contributed by atoms with Crippen molar-refractivity contribution in [2.45, 2.75) is 32.0 Å². The first kappa shape index (κ1) is 21.9. The maximum Gasteiger partial charge on any atom is 0.422 e. The molecule has 2 amide bonds. The maximum absolute atomic E-state index is 12.5. The van der Waals surface area contributed by atoms with E-state index in [0.717, 1.165) is 12.8 Å². The molecule has 0 bridgehead atoms. The van der Waals surface area contributed by atoms with Gasteiger partial charge in [-0.15, -0.1) is 0 Å². The number of amides is 2. The van der Waals surface area contributed by atoms with E-state index in [1.165, 1.54) is 36.5 Å². The second-order valence-corrected chi connectivity index (χ2v) is 7.39. The zero-order chi connectivity index (χ0) is 21.9. The third-order valence-electron chi connectivity index (χ3n) is 4.42. The Morgan fingerprint density at radius 2 is 2.00 bits per heavy atom. The van der Waals surface area contributed by atoms with Gasteiger partial charge in [-0.2, -0.15) is 13.2 Å². The van der Waals surface area contributed by atoms with E-state index >= 15 is 0 Å². The molecule has 1 saturated carbocycles. The highest BCUT2D eigenvalue weighted by Crippen LogP contribution is 2.31. The molecule has 2 N–H and O–H groups in total. The normalized spacial score (nSPS) is 14.7. The van der Waals surface area contributed by atoms with Gasteiger partial charge in [0.2, 0.25) is 5.91 Å². The number of rotatable bonds is 7. The molecule has 1 heterocycles. The predicted octanol–water partition coefficient (Wildman–Crippen LogP) is 4.52. The van der Waals surface area contributed by atoms with Crippen molar-refractivity contribution >= 4 is 29.2 Å². The fourth-order valence-electron chi connectivity index (χ4n) is 2.64. The van der Waals surface area contributed by atoms with E-state index in [2.05, 4.69) is 20.4 Å². The average molecular weight is 442 g/mol. The number of pyridine rings is 1. The average Bonchev–Trinajstić information content (AvgIpc) is 3.51. The lowest BCUT2D eigenvalue weighted by Crippen LogP contribution is -2.27. The number of aromatic nitrogens is 1. The minimum Gasteiger partial charge on any atom is -0.483 e. The molecule has 6 nitrogen and oxygen atoms in total. The molecule has 0 aliphatic heterocycles. The lowest BCUT2D eigenvalue weighted by Gasteiger charge is -2.17. The first-order chi connectivity index (χ1) is 14.1. The van der Waals surface area contributed by atoms with Crippen molar-refractivity contribution in [2.75, 3.05) is 11.9 Å².